The first-order valence-corrected chi connectivity index (χ1v) is 12.7. The SMILES string of the molecule is CCCOc1ccc(NC(=S)Nc2ccc3[nH]c(C)c(C4CCN5CCCC5C4)c3c2)cc1. The van der Waals surface area contributed by atoms with E-state index in [1.54, 1.807) is 0 Å². The number of aromatic nitrogens is 1. The molecule has 33 heavy (non-hydrogen) atoms. The molecule has 2 aromatic carbocycles. The van der Waals surface area contributed by atoms with Gasteiger partial charge in [0.25, 0.3) is 0 Å². The molecule has 0 bridgehead atoms. The van der Waals surface area contributed by atoms with Crippen LogP contribution in [0, 0.1) is 6.92 Å². The number of hydrogen-bond donors (Lipinski definition) is 3. The van der Waals surface area contributed by atoms with Crippen molar-refractivity contribution in [3.05, 3.63) is 53.7 Å². The third kappa shape index (κ3) is 4.87. The molecule has 2 saturated heterocycles. The van der Waals surface area contributed by atoms with E-state index in [0.29, 0.717) is 11.0 Å². The fourth-order valence-electron chi connectivity index (χ4n) is 5.59. The van der Waals surface area contributed by atoms with Crippen molar-refractivity contribution >= 4 is 39.6 Å². The standard InChI is InChI=1S/C27H34N4OS/c1-3-15-32-23-9-6-20(7-10-23)29-27(33)30-21-8-11-25-24(17-21)26(18(2)28-25)19-12-14-31-13-4-5-22(31)16-19/h6-11,17,19,22,28H,3-5,12-16H2,1-2H3,(H2,29,30,33). The third-order valence-electron chi connectivity index (χ3n) is 7.11. The summed E-state index contributed by atoms with van der Waals surface area (Å²) in [5.74, 6) is 1.51. The number of benzene rings is 2. The quantitative estimate of drug-likeness (QED) is 0.369. The summed E-state index contributed by atoms with van der Waals surface area (Å²) in [6, 6.07) is 15.2. The second-order valence-corrected chi connectivity index (χ2v) is 9.84. The van der Waals surface area contributed by atoms with Crippen molar-refractivity contribution in [3.63, 3.8) is 0 Å². The van der Waals surface area contributed by atoms with Gasteiger partial charge in [0.2, 0.25) is 0 Å². The first kappa shape index (κ1) is 22.2. The summed E-state index contributed by atoms with van der Waals surface area (Å²) < 4.78 is 5.66. The van der Waals surface area contributed by atoms with Gasteiger partial charge in [0.15, 0.2) is 5.11 Å². The van der Waals surface area contributed by atoms with Gasteiger partial charge in [-0.25, -0.2) is 0 Å². The van der Waals surface area contributed by atoms with Crippen molar-refractivity contribution < 1.29 is 4.74 Å². The number of rotatable bonds is 6. The van der Waals surface area contributed by atoms with E-state index in [1.165, 1.54) is 60.9 Å². The highest BCUT2D eigenvalue weighted by Crippen LogP contribution is 2.41. The lowest BCUT2D eigenvalue weighted by Gasteiger charge is -2.35. The first-order valence-electron chi connectivity index (χ1n) is 12.3. The number of anilines is 2. The maximum atomic E-state index is 5.66. The van der Waals surface area contributed by atoms with Gasteiger partial charge in [-0.2, -0.15) is 0 Å². The van der Waals surface area contributed by atoms with Crippen molar-refractivity contribution in [1.29, 1.82) is 0 Å². The molecule has 3 aromatic rings. The number of nitrogens with one attached hydrogen (secondary N) is 3. The van der Waals surface area contributed by atoms with Gasteiger partial charge < -0.3 is 25.3 Å². The summed E-state index contributed by atoms with van der Waals surface area (Å²) >= 11 is 5.59. The minimum Gasteiger partial charge on any atom is -0.494 e. The van der Waals surface area contributed by atoms with Crippen LogP contribution in [0.25, 0.3) is 10.9 Å². The Morgan fingerprint density at radius 1 is 1.09 bits per heavy atom. The molecule has 0 saturated carbocycles. The summed E-state index contributed by atoms with van der Waals surface area (Å²) in [5.41, 5.74) is 5.98. The minimum absolute atomic E-state index is 0.588. The monoisotopic (exact) mass is 462 g/mol. The Morgan fingerprint density at radius 3 is 2.70 bits per heavy atom. The van der Waals surface area contributed by atoms with Crippen LogP contribution in [0.3, 0.4) is 0 Å². The number of hydrogen-bond acceptors (Lipinski definition) is 3. The Labute approximate surface area is 201 Å². The zero-order chi connectivity index (χ0) is 22.8. The highest BCUT2D eigenvalue weighted by Gasteiger charge is 2.33. The largest absolute Gasteiger partial charge is 0.494 e. The molecule has 5 nitrogen and oxygen atoms in total. The van der Waals surface area contributed by atoms with Crippen LogP contribution < -0.4 is 15.4 Å². The molecule has 0 amide bonds. The van der Waals surface area contributed by atoms with Gasteiger partial charge in [0, 0.05) is 34.0 Å². The number of piperidine rings is 1. The van der Waals surface area contributed by atoms with Crippen molar-refractivity contribution in [2.75, 3.05) is 30.3 Å². The van der Waals surface area contributed by atoms with E-state index in [2.05, 4.69) is 52.6 Å². The Hall–Kier alpha value is -2.57. The lowest BCUT2D eigenvalue weighted by molar-refractivity contribution is 0.181. The number of fused-ring (bicyclic) bond motifs is 2. The zero-order valence-corrected chi connectivity index (χ0v) is 20.4. The molecule has 3 N–H and O–H groups in total. The normalized spacial score (nSPS) is 20.5. The molecule has 2 atom stereocenters. The molecule has 0 spiro atoms. The minimum atomic E-state index is 0.588. The first-order chi connectivity index (χ1) is 16.1. The number of thiocarbonyl (C=S) groups is 1. The molecule has 2 fully saturated rings. The van der Waals surface area contributed by atoms with Gasteiger partial charge >= 0.3 is 0 Å². The molecule has 174 valence electrons. The Bertz CT molecular complexity index is 1120. The maximum absolute atomic E-state index is 5.66. The summed E-state index contributed by atoms with van der Waals surface area (Å²) in [6.45, 7) is 7.58. The zero-order valence-electron chi connectivity index (χ0n) is 19.6. The van der Waals surface area contributed by atoms with E-state index in [1.807, 2.05) is 24.3 Å². The van der Waals surface area contributed by atoms with Crippen LogP contribution in [-0.4, -0.2) is 40.7 Å². The number of nitrogens with zero attached hydrogens (tertiary/aromatic N) is 1. The second-order valence-electron chi connectivity index (χ2n) is 9.43. The smallest absolute Gasteiger partial charge is 0.175 e. The van der Waals surface area contributed by atoms with Crippen LogP contribution >= 0.6 is 12.2 Å². The van der Waals surface area contributed by atoms with E-state index in [4.69, 9.17) is 17.0 Å². The van der Waals surface area contributed by atoms with E-state index in [9.17, 15) is 0 Å². The summed E-state index contributed by atoms with van der Waals surface area (Å²) in [6.07, 6.45) is 6.25. The van der Waals surface area contributed by atoms with Crippen LogP contribution in [0.5, 0.6) is 5.75 Å². The van der Waals surface area contributed by atoms with Crippen LogP contribution in [0.2, 0.25) is 0 Å². The Kier molecular flexibility index (Phi) is 6.56. The Balaban J connectivity index is 1.29. The van der Waals surface area contributed by atoms with Crippen molar-refractivity contribution in [2.24, 2.45) is 0 Å². The van der Waals surface area contributed by atoms with Crippen LogP contribution in [0.4, 0.5) is 11.4 Å². The van der Waals surface area contributed by atoms with Gasteiger partial charge in [-0.3, -0.25) is 0 Å². The topological polar surface area (TPSA) is 52.3 Å². The molecule has 2 aliphatic rings. The average Bonchev–Trinajstić information content (AvgIpc) is 3.41. The summed E-state index contributed by atoms with van der Waals surface area (Å²) in [4.78, 5) is 6.32. The lowest BCUT2D eigenvalue weighted by atomic mass is 9.84. The molecular weight excluding hydrogens is 428 g/mol. The molecule has 2 unspecified atom stereocenters. The summed E-state index contributed by atoms with van der Waals surface area (Å²) in [5, 5.41) is 8.57. The molecule has 1 aromatic heterocycles. The number of H-pyrrole nitrogens is 1. The maximum Gasteiger partial charge on any atom is 0.175 e. The van der Waals surface area contributed by atoms with Gasteiger partial charge in [0.1, 0.15) is 5.75 Å². The van der Waals surface area contributed by atoms with Gasteiger partial charge in [-0.15, -0.1) is 0 Å². The average molecular weight is 463 g/mol. The highest BCUT2D eigenvalue weighted by atomic mass is 32.1. The molecule has 0 radical (unpaired) electrons. The molecule has 6 heteroatoms. The third-order valence-corrected chi connectivity index (χ3v) is 7.31. The van der Waals surface area contributed by atoms with E-state index in [0.717, 1.165) is 36.2 Å². The van der Waals surface area contributed by atoms with Crippen LogP contribution in [-0.2, 0) is 0 Å². The fraction of sp³-hybridized carbons (Fsp3) is 0.444. The lowest BCUT2D eigenvalue weighted by Crippen LogP contribution is -2.37. The summed E-state index contributed by atoms with van der Waals surface area (Å²) in [7, 11) is 0. The fourth-order valence-corrected chi connectivity index (χ4v) is 5.82. The molecule has 2 aliphatic heterocycles. The van der Waals surface area contributed by atoms with Crippen LogP contribution in [0.1, 0.15) is 56.2 Å². The van der Waals surface area contributed by atoms with E-state index < -0.39 is 0 Å². The van der Waals surface area contributed by atoms with Crippen molar-refractivity contribution in [3.8, 4) is 5.75 Å². The highest BCUT2D eigenvalue weighted by molar-refractivity contribution is 7.80. The van der Waals surface area contributed by atoms with E-state index in [-0.39, 0.29) is 0 Å². The predicted octanol–water partition coefficient (Wildman–Crippen LogP) is 6.42. The molecule has 3 heterocycles. The van der Waals surface area contributed by atoms with E-state index >= 15 is 0 Å². The van der Waals surface area contributed by atoms with Crippen molar-refractivity contribution in [2.45, 2.75) is 57.9 Å². The molecular formula is C27H34N4OS. The van der Waals surface area contributed by atoms with Gasteiger partial charge in [-0.05, 0) is 118 Å². The number of ether oxygens (including phenoxy) is 1. The number of aryl methyl sites for hydroxylation is 1. The number of aromatic amines is 1. The Morgan fingerprint density at radius 2 is 1.88 bits per heavy atom. The molecule has 5 rings (SSSR count). The van der Waals surface area contributed by atoms with Crippen molar-refractivity contribution in [1.82, 2.24) is 9.88 Å². The second kappa shape index (κ2) is 9.74. The van der Waals surface area contributed by atoms with Crippen LogP contribution in [0.15, 0.2) is 42.5 Å². The van der Waals surface area contributed by atoms with Gasteiger partial charge in [0.05, 0.1) is 6.61 Å². The molecule has 0 aliphatic carbocycles. The predicted molar refractivity (Wildman–Crippen MR) is 142 cm³/mol. The van der Waals surface area contributed by atoms with Gasteiger partial charge in [-0.1, -0.05) is 6.92 Å².